The highest BCUT2D eigenvalue weighted by molar-refractivity contribution is 7.13. The van der Waals surface area contributed by atoms with Crippen LogP contribution in [-0.2, 0) is 0 Å². The van der Waals surface area contributed by atoms with Crippen LogP contribution in [0.4, 0.5) is 5.69 Å². The second kappa shape index (κ2) is 5.98. The Morgan fingerprint density at radius 3 is 2.95 bits per heavy atom. The number of aromatic nitrogens is 2. The lowest BCUT2D eigenvalue weighted by atomic mass is 10.2. The van der Waals surface area contributed by atoms with Crippen molar-refractivity contribution in [2.45, 2.75) is 13.0 Å². The van der Waals surface area contributed by atoms with Crippen molar-refractivity contribution < 1.29 is 9.32 Å². The summed E-state index contributed by atoms with van der Waals surface area (Å²) in [6.45, 7) is 1.91. The Labute approximate surface area is 131 Å². The SMILES string of the molecule is C[C@H](Nc1cccc(C(N)=O)c1)c1nc(-c2cccs2)no1. The number of nitrogens with one attached hydrogen (secondary N) is 1. The van der Waals surface area contributed by atoms with Gasteiger partial charge in [0.1, 0.15) is 6.04 Å². The Morgan fingerprint density at radius 2 is 2.23 bits per heavy atom. The van der Waals surface area contributed by atoms with Crippen molar-refractivity contribution in [2.24, 2.45) is 5.73 Å². The molecular weight excluding hydrogens is 300 g/mol. The molecule has 0 bridgehead atoms. The Bertz CT molecular complexity index is 782. The van der Waals surface area contributed by atoms with Gasteiger partial charge in [-0.15, -0.1) is 11.3 Å². The van der Waals surface area contributed by atoms with Gasteiger partial charge >= 0.3 is 0 Å². The number of benzene rings is 1. The molecule has 2 heterocycles. The predicted molar refractivity (Wildman–Crippen MR) is 84.6 cm³/mol. The lowest BCUT2D eigenvalue weighted by Gasteiger charge is -2.11. The third-order valence-corrected chi connectivity index (χ3v) is 3.95. The molecule has 0 unspecified atom stereocenters. The number of carbonyl (C=O) groups excluding carboxylic acids is 1. The molecule has 3 N–H and O–H groups in total. The molecule has 0 aliphatic carbocycles. The first-order valence-corrected chi connectivity index (χ1v) is 7.55. The smallest absolute Gasteiger partial charge is 0.249 e. The van der Waals surface area contributed by atoms with Gasteiger partial charge in [-0.25, -0.2) is 0 Å². The molecule has 7 heteroatoms. The Kier molecular flexibility index (Phi) is 3.88. The second-order valence-corrected chi connectivity index (χ2v) is 5.69. The van der Waals surface area contributed by atoms with Crippen molar-refractivity contribution in [3.05, 3.63) is 53.2 Å². The maximum absolute atomic E-state index is 11.2. The van der Waals surface area contributed by atoms with Gasteiger partial charge in [0.2, 0.25) is 17.6 Å². The zero-order valence-corrected chi connectivity index (χ0v) is 12.6. The maximum atomic E-state index is 11.2. The minimum Gasteiger partial charge on any atom is -0.374 e. The van der Waals surface area contributed by atoms with Gasteiger partial charge in [0.25, 0.3) is 0 Å². The van der Waals surface area contributed by atoms with Gasteiger partial charge in [0, 0.05) is 11.3 Å². The molecule has 0 aliphatic heterocycles. The van der Waals surface area contributed by atoms with Gasteiger partial charge in [-0.3, -0.25) is 4.79 Å². The van der Waals surface area contributed by atoms with Crippen molar-refractivity contribution in [2.75, 3.05) is 5.32 Å². The third kappa shape index (κ3) is 2.99. The van der Waals surface area contributed by atoms with E-state index in [1.54, 1.807) is 29.5 Å². The van der Waals surface area contributed by atoms with Gasteiger partial charge in [0.15, 0.2) is 0 Å². The van der Waals surface area contributed by atoms with Crippen molar-refractivity contribution in [1.29, 1.82) is 0 Å². The minimum atomic E-state index is -0.464. The number of thiophene rings is 1. The van der Waals surface area contributed by atoms with E-state index in [0.29, 0.717) is 17.3 Å². The number of hydrogen-bond donors (Lipinski definition) is 2. The van der Waals surface area contributed by atoms with Crippen molar-refractivity contribution in [3.8, 4) is 10.7 Å². The summed E-state index contributed by atoms with van der Waals surface area (Å²) in [6, 6.07) is 10.7. The monoisotopic (exact) mass is 314 g/mol. The number of primary amides is 1. The Balaban J connectivity index is 1.76. The standard InChI is InChI=1S/C15H14N4O2S/c1-9(17-11-5-2-4-10(8-11)13(16)20)15-18-14(19-21-15)12-6-3-7-22-12/h2-9,17H,1H3,(H2,16,20)/t9-/m0/s1. The number of amides is 1. The zero-order chi connectivity index (χ0) is 15.5. The lowest BCUT2D eigenvalue weighted by Crippen LogP contribution is -2.12. The number of nitrogens with zero attached hydrogens (tertiary/aromatic N) is 2. The average Bonchev–Trinajstić information content (AvgIpc) is 3.18. The second-order valence-electron chi connectivity index (χ2n) is 4.74. The van der Waals surface area contributed by atoms with Crippen LogP contribution in [0.1, 0.15) is 29.2 Å². The number of carbonyl (C=O) groups is 1. The number of rotatable bonds is 5. The first-order valence-electron chi connectivity index (χ1n) is 6.67. The largest absolute Gasteiger partial charge is 0.374 e. The van der Waals surface area contributed by atoms with Crippen LogP contribution in [0.25, 0.3) is 10.7 Å². The quantitative estimate of drug-likeness (QED) is 0.754. The van der Waals surface area contributed by atoms with E-state index in [0.717, 1.165) is 10.6 Å². The normalized spacial score (nSPS) is 12.0. The van der Waals surface area contributed by atoms with Gasteiger partial charge in [-0.05, 0) is 36.6 Å². The molecule has 0 aliphatic rings. The Hall–Kier alpha value is -2.67. The van der Waals surface area contributed by atoms with E-state index < -0.39 is 5.91 Å². The summed E-state index contributed by atoms with van der Waals surface area (Å²) in [7, 11) is 0. The molecule has 3 rings (SSSR count). The Morgan fingerprint density at radius 1 is 1.36 bits per heavy atom. The molecule has 3 aromatic rings. The summed E-state index contributed by atoms with van der Waals surface area (Å²) in [5, 5.41) is 9.15. The third-order valence-electron chi connectivity index (χ3n) is 3.08. The highest BCUT2D eigenvalue weighted by atomic mass is 32.1. The molecule has 2 aromatic heterocycles. The fourth-order valence-corrected chi connectivity index (χ4v) is 2.64. The minimum absolute atomic E-state index is 0.190. The molecule has 6 nitrogen and oxygen atoms in total. The fraction of sp³-hybridized carbons (Fsp3) is 0.133. The molecular formula is C15H14N4O2S. The first kappa shape index (κ1) is 14.3. The summed E-state index contributed by atoms with van der Waals surface area (Å²) < 4.78 is 5.29. The summed E-state index contributed by atoms with van der Waals surface area (Å²) in [5.41, 5.74) is 6.49. The molecule has 22 heavy (non-hydrogen) atoms. The van der Waals surface area contributed by atoms with Crippen LogP contribution in [0.5, 0.6) is 0 Å². The zero-order valence-electron chi connectivity index (χ0n) is 11.8. The highest BCUT2D eigenvalue weighted by Crippen LogP contribution is 2.24. The van der Waals surface area contributed by atoms with Crippen molar-refractivity contribution >= 4 is 22.9 Å². The lowest BCUT2D eigenvalue weighted by molar-refractivity contribution is 0.100. The highest BCUT2D eigenvalue weighted by Gasteiger charge is 2.16. The average molecular weight is 314 g/mol. The van der Waals surface area contributed by atoms with Crippen LogP contribution >= 0.6 is 11.3 Å². The van der Waals surface area contributed by atoms with E-state index in [2.05, 4.69) is 15.5 Å². The number of nitrogens with two attached hydrogens (primary N) is 1. The fourth-order valence-electron chi connectivity index (χ4n) is 1.99. The van der Waals surface area contributed by atoms with E-state index in [1.807, 2.05) is 30.5 Å². The summed E-state index contributed by atoms with van der Waals surface area (Å²) >= 11 is 1.55. The van der Waals surface area contributed by atoms with E-state index in [-0.39, 0.29) is 6.04 Å². The molecule has 0 fully saturated rings. The summed E-state index contributed by atoms with van der Waals surface area (Å²) in [4.78, 5) is 16.5. The first-order chi connectivity index (χ1) is 10.6. The molecule has 1 atom stereocenters. The van der Waals surface area contributed by atoms with Crippen LogP contribution in [0.15, 0.2) is 46.3 Å². The summed E-state index contributed by atoms with van der Waals surface area (Å²) in [5.74, 6) is 0.589. The molecule has 0 radical (unpaired) electrons. The van der Waals surface area contributed by atoms with E-state index in [4.69, 9.17) is 10.3 Å². The molecule has 1 amide bonds. The number of hydrogen-bond acceptors (Lipinski definition) is 6. The van der Waals surface area contributed by atoms with Crippen molar-refractivity contribution in [3.63, 3.8) is 0 Å². The molecule has 0 saturated heterocycles. The number of anilines is 1. The van der Waals surface area contributed by atoms with Gasteiger partial charge in [-0.1, -0.05) is 17.3 Å². The predicted octanol–water partition coefficient (Wildman–Crippen LogP) is 3.07. The maximum Gasteiger partial charge on any atom is 0.249 e. The van der Waals surface area contributed by atoms with Crippen LogP contribution < -0.4 is 11.1 Å². The molecule has 112 valence electrons. The molecule has 0 saturated carbocycles. The van der Waals surface area contributed by atoms with E-state index >= 15 is 0 Å². The molecule has 0 spiro atoms. The molecule has 1 aromatic carbocycles. The van der Waals surface area contributed by atoms with Crippen molar-refractivity contribution in [1.82, 2.24) is 10.1 Å². The topological polar surface area (TPSA) is 94.0 Å². The van der Waals surface area contributed by atoms with Gasteiger partial charge in [0.05, 0.1) is 4.88 Å². The van der Waals surface area contributed by atoms with E-state index in [9.17, 15) is 4.79 Å². The van der Waals surface area contributed by atoms with Crippen LogP contribution in [0, 0.1) is 0 Å². The van der Waals surface area contributed by atoms with Crippen LogP contribution in [0.3, 0.4) is 0 Å². The van der Waals surface area contributed by atoms with Crippen LogP contribution in [0.2, 0.25) is 0 Å². The van der Waals surface area contributed by atoms with Gasteiger partial charge in [-0.2, -0.15) is 4.98 Å². The van der Waals surface area contributed by atoms with Gasteiger partial charge < -0.3 is 15.6 Å². The van der Waals surface area contributed by atoms with Crippen LogP contribution in [-0.4, -0.2) is 16.0 Å². The summed E-state index contributed by atoms with van der Waals surface area (Å²) in [6.07, 6.45) is 0. The van der Waals surface area contributed by atoms with E-state index in [1.165, 1.54) is 0 Å².